The predicted octanol–water partition coefficient (Wildman–Crippen LogP) is 13.4. The van der Waals surface area contributed by atoms with E-state index in [0.717, 1.165) is 12.1 Å². The van der Waals surface area contributed by atoms with Gasteiger partial charge in [-0.2, -0.15) is 4.39 Å². The Morgan fingerprint density at radius 3 is 1.64 bits per heavy atom. The molecule has 75 heavy (non-hydrogen) atoms. The number of aromatic nitrogens is 5. The van der Waals surface area contributed by atoms with Crippen LogP contribution >= 0.6 is 0 Å². The van der Waals surface area contributed by atoms with Crippen molar-refractivity contribution in [2.45, 2.75) is 34.6 Å². The summed E-state index contributed by atoms with van der Waals surface area (Å²) in [5.74, 6) is -7.50. The number of fused-ring (bicyclic) bond motifs is 3. The van der Waals surface area contributed by atoms with Crippen LogP contribution in [0, 0.1) is 45.1 Å². The molecule has 14 nitrogen and oxygen atoms in total. The Hall–Kier alpha value is -9.90. The Morgan fingerprint density at radius 1 is 0.587 bits per heavy atom. The summed E-state index contributed by atoms with van der Waals surface area (Å²) >= 11 is 0. The number of allylic oxidation sites excluding steroid dienone is 1. The van der Waals surface area contributed by atoms with Gasteiger partial charge in [-0.05, 0) is 107 Å². The summed E-state index contributed by atoms with van der Waals surface area (Å²) in [6.45, 7) is 8.22. The van der Waals surface area contributed by atoms with Crippen LogP contribution in [0.4, 0.5) is 13.2 Å². The molecule has 11 aromatic rings. The minimum Gasteiger partial charge on any atom is -0.508 e. The molecule has 2 N–H and O–H groups in total. The zero-order valence-electron chi connectivity index (χ0n) is 40.4. The number of nitrogens with zero attached hydrogens (tertiary/aromatic N) is 5. The summed E-state index contributed by atoms with van der Waals surface area (Å²) in [6, 6.07) is 32.5. The molecule has 5 heterocycles. The average Bonchev–Trinajstić information content (AvgIpc) is 4.20. The first-order valence-electron chi connectivity index (χ1n) is 23.3. The molecule has 0 unspecified atom stereocenters. The number of esters is 2. The van der Waals surface area contributed by atoms with Gasteiger partial charge in [0.25, 0.3) is 0 Å². The highest BCUT2D eigenvalue weighted by molar-refractivity contribution is 6.13. The molecule has 11 rings (SSSR count). The molecule has 0 saturated carbocycles. The van der Waals surface area contributed by atoms with E-state index in [1.807, 2.05) is 0 Å². The monoisotopic (exact) mass is 1010 g/mol. The number of aromatic hydroxyl groups is 1. The summed E-state index contributed by atoms with van der Waals surface area (Å²) in [7, 11) is 0. The normalized spacial score (nSPS) is 11.7. The minimum absolute atomic E-state index is 0.000245. The molecule has 17 heteroatoms. The van der Waals surface area contributed by atoms with E-state index in [4.69, 9.17) is 18.5 Å². The number of carbonyl (C=O) groups excluding carboxylic acids is 2. The molecule has 0 fully saturated rings. The number of halogens is 3. The summed E-state index contributed by atoms with van der Waals surface area (Å²) in [6.07, 6.45) is 3.41. The molecular weight excluding hydrogens is 968 g/mol. The van der Waals surface area contributed by atoms with Gasteiger partial charge in [0.2, 0.25) is 5.82 Å². The van der Waals surface area contributed by atoms with Crippen molar-refractivity contribution in [2.24, 2.45) is 0 Å². The maximum Gasteiger partial charge on any atom is 0.346 e. The van der Waals surface area contributed by atoms with E-state index in [-0.39, 0.29) is 78.9 Å². The lowest BCUT2D eigenvalue weighted by molar-refractivity contribution is 0.0695. The Balaban J connectivity index is 1.00. The Bertz CT molecular complexity index is 4170. The largest absolute Gasteiger partial charge is 0.508 e. The smallest absolute Gasteiger partial charge is 0.346 e. The van der Waals surface area contributed by atoms with Crippen molar-refractivity contribution in [1.82, 2.24) is 24.0 Å². The van der Waals surface area contributed by atoms with Gasteiger partial charge in [-0.25, -0.2) is 23.2 Å². The van der Waals surface area contributed by atoms with Gasteiger partial charge in [0, 0.05) is 27.9 Å². The molecule has 0 spiro atoms. The third-order valence-electron chi connectivity index (χ3n) is 13.1. The first kappa shape index (κ1) is 47.4. The lowest BCUT2D eigenvalue weighted by Crippen LogP contribution is -2.13. The zero-order chi connectivity index (χ0) is 52.6. The number of phenols is 1. The number of phenolic OH excluding ortho intramolecular Hbond substituents is 1. The molecule has 5 aromatic heterocycles. The van der Waals surface area contributed by atoms with E-state index >= 15 is 13.2 Å². The molecule has 0 radical (unpaired) electrons. The number of carboxylic acids is 1. The number of hydrogen-bond donors (Lipinski definition) is 2. The van der Waals surface area contributed by atoms with E-state index in [1.165, 1.54) is 39.5 Å². The first-order valence-corrected chi connectivity index (χ1v) is 23.3. The highest BCUT2D eigenvalue weighted by Crippen LogP contribution is 2.44. The van der Waals surface area contributed by atoms with Crippen LogP contribution in [0.5, 0.6) is 17.2 Å². The van der Waals surface area contributed by atoms with E-state index < -0.39 is 41.1 Å². The summed E-state index contributed by atoms with van der Waals surface area (Å²) in [5.41, 5.74) is 2.97. The average molecular weight is 1010 g/mol. The van der Waals surface area contributed by atoms with Crippen molar-refractivity contribution in [3.63, 3.8) is 0 Å². The third kappa shape index (κ3) is 7.62. The molecule has 0 amide bonds. The van der Waals surface area contributed by atoms with Crippen molar-refractivity contribution < 1.29 is 56.3 Å². The highest BCUT2D eigenvalue weighted by atomic mass is 19.2. The molecular formula is C58H40F3N5O9. The zero-order valence-corrected chi connectivity index (χ0v) is 40.4. The second-order valence-electron chi connectivity index (χ2n) is 17.6. The maximum absolute atomic E-state index is 17.1. The first-order chi connectivity index (χ1) is 36.2. The quantitative estimate of drug-likeness (QED) is 0.0931. The standard InChI is InChI=1S/C58H40F3N5O9/c1-6-13-44-49(36-14-7-10-17-40(36)64(44)33-20-22-34(67)23-21-33)57(70)73-46-27-26-45(52(60)53(46)61)66-42-19-12-9-16-38(42)51(55(66)48-30(3)63-75-32(48)5)58(71)72-35-24-25-43(39(59)28-35)65-41-18-11-8-15-37(41)50(56(68)69)54(65)47-29(2)62-74-31(47)4/h6-28,67H,1-5H3,(H,68,69). The van der Waals surface area contributed by atoms with Crippen LogP contribution in [-0.2, 0) is 0 Å². The molecule has 0 saturated heterocycles. The van der Waals surface area contributed by atoms with Gasteiger partial charge in [0.05, 0.1) is 84.2 Å². The second kappa shape index (κ2) is 18.3. The number of ether oxygens (including phenoxy) is 2. The van der Waals surface area contributed by atoms with Crippen molar-refractivity contribution in [3.05, 3.63) is 196 Å². The Kier molecular flexibility index (Phi) is 11.6. The Labute approximate surface area is 423 Å². The van der Waals surface area contributed by atoms with Gasteiger partial charge in [-0.15, -0.1) is 0 Å². The second-order valence-corrected chi connectivity index (χ2v) is 17.6. The van der Waals surface area contributed by atoms with Crippen molar-refractivity contribution in [2.75, 3.05) is 0 Å². The molecule has 372 valence electrons. The highest BCUT2D eigenvalue weighted by Gasteiger charge is 2.34. The van der Waals surface area contributed by atoms with Crippen molar-refractivity contribution >= 4 is 56.7 Å². The van der Waals surface area contributed by atoms with Crippen LogP contribution in [0.2, 0.25) is 0 Å². The molecule has 0 atom stereocenters. The Morgan fingerprint density at radius 2 is 1.09 bits per heavy atom. The van der Waals surface area contributed by atoms with E-state index in [0.29, 0.717) is 50.2 Å². The summed E-state index contributed by atoms with van der Waals surface area (Å²) in [4.78, 5) is 42.0. The summed E-state index contributed by atoms with van der Waals surface area (Å²) < 4.78 is 77.8. The lowest BCUT2D eigenvalue weighted by Gasteiger charge is -2.15. The van der Waals surface area contributed by atoms with E-state index in [1.54, 1.807) is 136 Å². The van der Waals surface area contributed by atoms with E-state index in [9.17, 15) is 24.6 Å². The van der Waals surface area contributed by atoms with Crippen LogP contribution in [-0.4, -0.2) is 52.1 Å². The SMILES string of the molecule is CC=Cc1c(C(=O)Oc2ccc(-n3c(-c4c(C)noc4C)c(C(=O)Oc4ccc(-n5c(-c6c(C)noc6C)c(C(=O)O)c6ccccc65)c(F)c4)c4ccccc43)c(F)c2F)c2ccccc2n1-c1ccc(O)cc1. The number of hydrogen-bond acceptors (Lipinski definition) is 10. The van der Waals surface area contributed by atoms with Crippen LogP contribution in [0.25, 0.3) is 78.4 Å². The van der Waals surface area contributed by atoms with Crippen molar-refractivity contribution in [1.29, 1.82) is 0 Å². The number of rotatable bonds is 11. The van der Waals surface area contributed by atoms with Crippen LogP contribution in [0.1, 0.15) is 66.6 Å². The lowest BCUT2D eigenvalue weighted by atomic mass is 10.0. The fourth-order valence-corrected chi connectivity index (χ4v) is 10.0. The van der Waals surface area contributed by atoms with Gasteiger partial charge >= 0.3 is 17.9 Å². The van der Waals surface area contributed by atoms with Gasteiger partial charge < -0.3 is 42.4 Å². The van der Waals surface area contributed by atoms with E-state index in [2.05, 4.69) is 10.3 Å². The number of carbonyl (C=O) groups is 3. The molecule has 6 aromatic carbocycles. The minimum atomic E-state index is -1.51. The molecule has 0 aliphatic heterocycles. The van der Waals surface area contributed by atoms with Crippen LogP contribution in [0.15, 0.2) is 143 Å². The third-order valence-corrected chi connectivity index (χ3v) is 13.1. The van der Waals surface area contributed by atoms with Gasteiger partial charge in [-0.3, -0.25) is 0 Å². The topological polar surface area (TPSA) is 177 Å². The number of carboxylic acid groups (broad SMARTS) is 1. The number of para-hydroxylation sites is 3. The van der Waals surface area contributed by atoms with Crippen LogP contribution in [0.3, 0.4) is 0 Å². The maximum atomic E-state index is 17.1. The number of aryl methyl sites for hydroxylation is 4. The number of aromatic carboxylic acids is 1. The predicted molar refractivity (Wildman–Crippen MR) is 273 cm³/mol. The molecule has 0 aliphatic rings. The molecule has 0 bridgehead atoms. The van der Waals surface area contributed by atoms with Gasteiger partial charge in [-0.1, -0.05) is 71.0 Å². The fourth-order valence-electron chi connectivity index (χ4n) is 10.0. The van der Waals surface area contributed by atoms with Crippen molar-refractivity contribution in [3.8, 4) is 56.8 Å². The fraction of sp³-hybridized carbons (Fsp3) is 0.0862. The number of benzene rings is 6. The van der Waals surface area contributed by atoms with Crippen LogP contribution < -0.4 is 9.47 Å². The molecule has 0 aliphatic carbocycles. The van der Waals surface area contributed by atoms with Gasteiger partial charge in [0.15, 0.2) is 17.4 Å². The van der Waals surface area contributed by atoms with Gasteiger partial charge in [0.1, 0.15) is 23.0 Å². The summed E-state index contributed by atoms with van der Waals surface area (Å²) in [5, 5.41) is 29.7.